The first-order chi connectivity index (χ1) is 9.91. The molecule has 0 amide bonds. The lowest BCUT2D eigenvalue weighted by Crippen LogP contribution is -2.03. The Morgan fingerprint density at radius 3 is 1.43 bits per heavy atom. The topological polar surface area (TPSA) is 0 Å². The Morgan fingerprint density at radius 1 is 0.714 bits per heavy atom. The van der Waals surface area contributed by atoms with Crippen LogP contribution in [-0.4, -0.2) is 0 Å². The second-order valence-corrected chi connectivity index (χ2v) is 5.49. The Balaban J connectivity index is 0.000000384. The van der Waals surface area contributed by atoms with Crippen molar-refractivity contribution < 1.29 is 13.2 Å². The Bertz CT molecular complexity index is 330. The van der Waals surface area contributed by atoms with E-state index in [4.69, 9.17) is 0 Å². The highest BCUT2D eigenvalue weighted by Gasteiger charge is 2.29. The van der Waals surface area contributed by atoms with Crippen LogP contribution in [0.3, 0.4) is 0 Å². The van der Waals surface area contributed by atoms with Gasteiger partial charge in [-0.1, -0.05) is 82.9 Å². The molecule has 0 radical (unpaired) electrons. The zero-order chi connectivity index (χ0) is 16.1. The highest BCUT2D eigenvalue weighted by Crippen LogP contribution is 2.28. The average Bonchev–Trinajstić information content (AvgIpc) is 2.43. The van der Waals surface area contributed by atoms with Crippen LogP contribution in [0.15, 0.2) is 24.3 Å². The van der Waals surface area contributed by atoms with Crippen molar-refractivity contribution in [3.63, 3.8) is 0 Å². The molecule has 21 heavy (non-hydrogen) atoms. The van der Waals surface area contributed by atoms with Gasteiger partial charge >= 0.3 is 6.18 Å². The summed E-state index contributed by atoms with van der Waals surface area (Å²) in [6.45, 7) is 6.29. The summed E-state index contributed by atoms with van der Waals surface area (Å²) in [6.07, 6.45) is 7.25. The summed E-state index contributed by atoms with van der Waals surface area (Å²) in [5.41, 5.74) is 0.237. The molecule has 0 heterocycles. The molecule has 0 bridgehead atoms. The molecule has 0 saturated carbocycles. The largest absolute Gasteiger partial charge is 0.416 e. The number of alkyl halides is 3. The third-order valence-electron chi connectivity index (χ3n) is 3.34. The molecular formula is C18H29F3. The molecule has 0 saturated heterocycles. The second kappa shape index (κ2) is 11.6. The number of hydrogen-bond acceptors (Lipinski definition) is 0. The van der Waals surface area contributed by atoms with Gasteiger partial charge < -0.3 is 0 Å². The molecule has 3 heteroatoms. The molecular weight excluding hydrogens is 273 g/mol. The summed E-state index contributed by atoms with van der Waals surface area (Å²) in [5, 5.41) is 0. The number of rotatable bonds is 7. The van der Waals surface area contributed by atoms with E-state index in [9.17, 15) is 13.2 Å². The summed E-state index contributed by atoms with van der Waals surface area (Å²) in [5.74, 6) is 0. The van der Waals surface area contributed by atoms with Crippen molar-refractivity contribution in [2.24, 2.45) is 0 Å². The number of unbranched alkanes of at least 4 members (excludes halogenated alkanes) is 7. The zero-order valence-corrected chi connectivity index (χ0v) is 13.6. The number of hydrogen-bond donors (Lipinski definition) is 0. The maximum absolute atomic E-state index is 11.9. The van der Waals surface area contributed by atoms with E-state index in [0.717, 1.165) is 17.7 Å². The quantitative estimate of drug-likeness (QED) is 0.469. The molecule has 0 aromatic heterocycles. The van der Waals surface area contributed by atoms with Crippen LogP contribution >= 0.6 is 0 Å². The summed E-state index contributed by atoms with van der Waals surface area (Å²) >= 11 is 0. The van der Waals surface area contributed by atoms with Gasteiger partial charge in [0.25, 0.3) is 0 Å². The van der Waals surface area contributed by atoms with Crippen molar-refractivity contribution in [2.45, 2.75) is 78.3 Å². The van der Waals surface area contributed by atoms with Gasteiger partial charge in [-0.3, -0.25) is 0 Å². The van der Waals surface area contributed by atoms with E-state index in [1.54, 1.807) is 6.92 Å². The van der Waals surface area contributed by atoms with Gasteiger partial charge in [0, 0.05) is 0 Å². The van der Waals surface area contributed by atoms with Gasteiger partial charge in [-0.15, -0.1) is 0 Å². The van der Waals surface area contributed by atoms with E-state index in [2.05, 4.69) is 13.8 Å². The number of halogens is 3. The third-order valence-corrected chi connectivity index (χ3v) is 3.34. The van der Waals surface area contributed by atoms with Crippen LogP contribution in [0, 0.1) is 6.92 Å². The maximum Gasteiger partial charge on any atom is 0.416 e. The first-order valence-corrected chi connectivity index (χ1v) is 8.05. The molecule has 0 atom stereocenters. The van der Waals surface area contributed by atoms with Crippen molar-refractivity contribution in [3.05, 3.63) is 35.4 Å². The molecule has 1 aromatic rings. The van der Waals surface area contributed by atoms with E-state index in [0.29, 0.717) is 0 Å². The molecule has 0 unspecified atom stereocenters. The summed E-state index contributed by atoms with van der Waals surface area (Å²) in [4.78, 5) is 0. The van der Waals surface area contributed by atoms with E-state index in [1.165, 1.54) is 63.5 Å². The molecule has 1 aromatic carbocycles. The molecule has 0 N–H and O–H groups in total. The molecule has 1 rings (SSSR count). The molecule has 0 aliphatic carbocycles. The molecule has 0 nitrogen and oxygen atoms in total. The standard InChI is InChI=1S/C10H22.C8H7F3/c1-3-5-7-9-10-8-6-4-2;1-6-2-4-7(5-3-6)8(9,10)11/h3-10H2,1-2H3;2-5H,1H3. The minimum atomic E-state index is -4.21. The Kier molecular flexibility index (Phi) is 11.1. The lowest BCUT2D eigenvalue weighted by atomic mass is 10.1. The van der Waals surface area contributed by atoms with E-state index < -0.39 is 11.7 Å². The van der Waals surface area contributed by atoms with Gasteiger partial charge in [0.2, 0.25) is 0 Å². The lowest BCUT2D eigenvalue weighted by Gasteiger charge is -2.05. The predicted molar refractivity (Wildman–Crippen MR) is 84.5 cm³/mol. The molecule has 0 fully saturated rings. The van der Waals surface area contributed by atoms with Crippen molar-refractivity contribution in [1.29, 1.82) is 0 Å². The van der Waals surface area contributed by atoms with Crippen molar-refractivity contribution in [1.82, 2.24) is 0 Å². The minimum Gasteiger partial charge on any atom is -0.166 e. The SMILES string of the molecule is CCCCCCCCCC.Cc1ccc(C(F)(F)F)cc1. The van der Waals surface area contributed by atoms with Crippen LogP contribution in [0.1, 0.15) is 76.3 Å². The summed E-state index contributed by atoms with van der Waals surface area (Å²) in [6, 6.07) is 5.05. The highest BCUT2D eigenvalue weighted by atomic mass is 19.4. The summed E-state index contributed by atoms with van der Waals surface area (Å²) < 4.78 is 35.8. The molecule has 0 aliphatic heterocycles. The van der Waals surface area contributed by atoms with Crippen molar-refractivity contribution in [3.8, 4) is 0 Å². The third kappa shape index (κ3) is 11.4. The molecule has 122 valence electrons. The van der Waals surface area contributed by atoms with Gasteiger partial charge in [-0.2, -0.15) is 13.2 Å². The van der Waals surface area contributed by atoms with Gasteiger partial charge in [0.05, 0.1) is 5.56 Å². The van der Waals surface area contributed by atoms with Crippen molar-refractivity contribution >= 4 is 0 Å². The van der Waals surface area contributed by atoms with Crippen LogP contribution in [-0.2, 0) is 6.18 Å². The Labute approximate surface area is 127 Å². The van der Waals surface area contributed by atoms with Crippen LogP contribution in [0.5, 0.6) is 0 Å². The monoisotopic (exact) mass is 302 g/mol. The minimum absolute atomic E-state index is 0.594. The number of benzene rings is 1. The molecule has 0 aliphatic rings. The normalized spacial score (nSPS) is 11.0. The van der Waals surface area contributed by atoms with E-state index >= 15 is 0 Å². The van der Waals surface area contributed by atoms with Crippen LogP contribution in [0.25, 0.3) is 0 Å². The van der Waals surface area contributed by atoms with Crippen LogP contribution in [0.2, 0.25) is 0 Å². The fourth-order valence-electron chi connectivity index (χ4n) is 1.95. The summed E-state index contributed by atoms with van der Waals surface area (Å²) in [7, 11) is 0. The van der Waals surface area contributed by atoms with Gasteiger partial charge in [0.1, 0.15) is 0 Å². The predicted octanol–water partition coefficient (Wildman–Crippen LogP) is 7.16. The zero-order valence-electron chi connectivity index (χ0n) is 13.6. The van der Waals surface area contributed by atoms with Crippen LogP contribution in [0.4, 0.5) is 13.2 Å². The van der Waals surface area contributed by atoms with Gasteiger partial charge in [0.15, 0.2) is 0 Å². The first-order valence-electron chi connectivity index (χ1n) is 8.05. The Morgan fingerprint density at radius 2 is 1.10 bits per heavy atom. The maximum atomic E-state index is 11.9. The van der Waals surface area contributed by atoms with E-state index in [-0.39, 0.29) is 0 Å². The lowest BCUT2D eigenvalue weighted by molar-refractivity contribution is -0.137. The fraction of sp³-hybridized carbons (Fsp3) is 0.667. The number of aryl methyl sites for hydroxylation is 1. The smallest absolute Gasteiger partial charge is 0.166 e. The Hall–Kier alpha value is -0.990. The van der Waals surface area contributed by atoms with Gasteiger partial charge in [-0.05, 0) is 19.1 Å². The first kappa shape index (κ1) is 20.0. The fourth-order valence-corrected chi connectivity index (χ4v) is 1.95. The van der Waals surface area contributed by atoms with Gasteiger partial charge in [-0.25, -0.2) is 0 Å². The highest BCUT2D eigenvalue weighted by molar-refractivity contribution is 5.23. The molecule has 0 spiro atoms. The van der Waals surface area contributed by atoms with Crippen LogP contribution < -0.4 is 0 Å². The van der Waals surface area contributed by atoms with E-state index in [1.807, 2.05) is 0 Å². The second-order valence-electron chi connectivity index (χ2n) is 5.49. The van der Waals surface area contributed by atoms with Crippen molar-refractivity contribution in [2.75, 3.05) is 0 Å². The average molecular weight is 302 g/mol.